The minimum Gasteiger partial charge on any atom is -0.326 e. The molecule has 0 bridgehead atoms. The van der Waals surface area contributed by atoms with Gasteiger partial charge >= 0.3 is 0 Å². The van der Waals surface area contributed by atoms with Crippen LogP contribution in [0.25, 0.3) is 0 Å². The van der Waals surface area contributed by atoms with Crippen molar-refractivity contribution in [3.8, 4) is 0 Å². The molecule has 6 nitrogen and oxygen atoms in total. The van der Waals surface area contributed by atoms with Gasteiger partial charge in [0.25, 0.3) is 0 Å². The van der Waals surface area contributed by atoms with Gasteiger partial charge < -0.3 is 5.73 Å². The van der Waals surface area contributed by atoms with E-state index in [0.29, 0.717) is 17.8 Å². The van der Waals surface area contributed by atoms with Crippen molar-refractivity contribution in [2.24, 2.45) is 5.73 Å². The molecule has 2 rings (SSSR count). The Morgan fingerprint density at radius 3 is 2.65 bits per heavy atom. The smallest absolute Gasteiger partial charge is 0.244 e. The molecule has 9 heteroatoms. The quantitative estimate of drug-likeness (QED) is 0.856. The van der Waals surface area contributed by atoms with Gasteiger partial charge in [-0.2, -0.15) is 4.31 Å². The third-order valence-corrected chi connectivity index (χ3v) is 8.20. The van der Waals surface area contributed by atoms with E-state index in [0.717, 1.165) is 4.88 Å². The van der Waals surface area contributed by atoms with Crippen LogP contribution in [0.15, 0.2) is 11.0 Å². The first kappa shape index (κ1) is 15.9. The molecule has 0 atom stereocenters. The monoisotopic (exact) mass is 338 g/mol. The Hall–Kier alpha value is -0.480. The molecule has 0 spiro atoms. The van der Waals surface area contributed by atoms with Crippen molar-refractivity contribution in [3.05, 3.63) is 15.8 Å². The SMILES string of the molecule is Cc1sc(CN)cc1S(=O)(=O)N1CCCS(=O)(=O)CC1. The second-order valence-corrected chi connectivity index (χ2v) is 10.3. The minimum absolute atomic E-state index is 0.0257. The third-order valence-electron chi connectivity index (χ3n) is 3.26. The zero-order valence-corrected chi connectivity index (χ0v) is 13.7. The lowest BCUT2D eigenvalue weighted by Gasteiger charge is -2.19. The highest BCUT2D eigenvalue weighted by Gasteiger charge is 2.30. The molecule has 1 aromatic rings. The second-order valence-electron chi connectivity index (χ2n) is 4.75. The predicted molar refractivity (Wildman–Crippen MR) is 79.0 cm³/mol. The van der Waals surface area contributed by atoms with Gasteiger partial charge in [0.1, 0.15) is 0 Å². The number of hydrogen-bond acceptors (Lipinski definition) is 6. The molecular formula is C11H18N2O4S3. The lowest BCUT2D eigenvalue weighted by atomic mass is 10.4. The van der Waals surface area contributed by atoms with Crippen molar-refractivity contribution in [2.45, 2.75) is 24.8 Å². The Bertz CT molecular complexity index is 691. The Morgan fingerprint density at radius 2 is 2.05 bits per heavy atom. The molecule has 1 aromatic heterocycles. The summed E-state index contributed by atoms with van der Waals surface area (Å²) >= 11 is 1.36. The molecule has 0 saturated carbocycles. The fourth-order valence-electron chi connectivity index (χ4n) is 2.18. The van der Waals surface area contributed by atoms with E-state index in [9.17, 15) is 16.8 Å². The number of aryl methyl sites for hydroxylation is 1. The van der Waals surface area contributed by atoms with E-state index in [2.05, 4.69) is 0 Å². The summed E-state index contributed by atoms with van der Waals surface area (Å²) in [6, 6.07) is 1.59. The first-order valence-electron chi connectivity index (χ1n) is 6.26. The van der Waals surface area contributed by atoms with Crippen molar-refractivity contribution in [1.29, 1.82) is 0 Å². The number of sulfonamides is 1. The van der Waals surface area contributed by atoms with Crippen LogP contribution < -0.4 is 5.73 Å². The number of hydrogen-bond donors (Lipinski definition) is 1. The molecule has 0 aliphatic carbocycles. The maximum atomic E-state index is 12.6. The molecule has 1 fully saturated rings. The summed E-state index contributed by atoms with van der Waals surface area (Å²) < 4.78 is 49.6. The molecule has 1 aliphatic rings. The molecule has 0 unspecified atom stereocenters. The summed E-state index contributed by atoms with van der Waals surface area (Å²) in [5, 5.41) is 0. The van der Waals surface area contributed by atoms with Crippen molar-refractivity contribution in [1.82, 2.24) is 4.31 Å². The van der Waals surface area contributed by atoms with Crippen LogP contribution in [-0.4, -0.2) is 45.7 Å². The highest BCUT2D eigenvalue weighted by atomic mass is 32.2. The summed E-state index contributed by atoms with van der Waals surface area (Å²) in [5.74, 6) is -0.0607. The van der Waals surface area contributed by atoms with Crippen molar-refractivity contribution in [2.75, 3.05) is 24.6 Å². The summed E-state index contributed by atoms with van der Waals surface area (Å²) in [5.41, 5.74) is 5.54. The third kappa shape index (κ3) is 3.22. The van der Waals surface area contributed by atoms with Crippen LogP contribution in [0.4, 0.5) is 0 Å². The zero-order chi connectivity index (χ0) is 15.0. The van der Waals surface area contributed by atoms with Crippen molar-refractivity contribution < 1.29 is 16.8 Å². The number of nitrogens with two attached hydrogens (primary N) is 1. The van der Waals surface area contributed by atoms with Gasteiger partial charge in [0, 0.05) is 29.4 Å². The van der Waals surface area contributed by atoms with E-state index >= 15 is 0 Å². The van der Waals surface area contributed by atoms with Crippen LogP contribution in [0.5, 0.6) is 0 Å². The molecule has 1 saturated heterocycles. The number of nitrogens with zero attached hydrogens (tertiary/aromatic N) is 1. The molecule has 1 aliphatic heterocycles. The van der Waals surface area contributed by atoms with Crippen LogP contribution in [0, 0.1) is 6.92 Å². The maximum Gasteiger partial charge on any atom is 0.244 e. The summed E-state index contributed by atoms with van der Waals surface area (Å²) in [4.78, 5) is 1.75. The van der Waals surface area contributed by atoms with Crippen LogP contribution in [-0.2, 0) is 26.4 Å². The molecule has 0 amide bonds. The zero-order valence-electron chi connectivity index (χ0n) is 11.2. The van der Waals surface area contributed by atoms with E-state index in [1.807, 2.05) is 0 Å². The summed E-state index contributed by atoms with van der Waals surface area (Å²) in [6.07, 6.45) is 0.342. The topological polar surface area (TPSA) is 97.5 Å². The minimum atomic E-state index is -3.63. The van der Waals surface area contributed by atoms with Gasteiger partial charge in [-0.05, 0) is 19.4 Å². The van der Waals surface area contributed by atoms with Crippen LogP contribution in [0.3, 0.4) is 0 Å². The van der Waals surface area contributed by atoms with Crippen LogP contribution in [0.2, 0.25) is 0 Å². The first-order chi connectivity index (χ1) is 9.26. The molecule has 0 aromatic carbocycles. The van der Waals surface area contributed by atoms with Crippen molar-refractivity contribution >= 4 is 31.2 Å². The predicted octanol–water partition coefficient (Wildman–Crippen LogP) is 0.324. The van der Waals surface area contributed by atoms with Crippen molar-refractivity contribution in [3.63, 3.8) is 0 Å². The van der Waals surface area contributed by atoms with Gasteiger partial charge in [0.05, 0.1) is 16.4 Å². The lowest BCUT2D eigenvalue weighted by molar-refractivity contribution is 0.434. The fourth-order valence-corrected chi connectivity index (χ4v) is 6.53. The van der Waals surface area contributed by atoms with Gasteiger partial charge in [-0.1, -0.05) is 0 Å². The standard InChI is InChI=1S/C11H18N2O4S3/c1-9-11(7-10(8-12)18-9)20(16,17)13-3-2-5-19(14,15)6-4-13/h7H,2-6,8,12H2,1H3. The molecular weight excluding hydrogens is 320 g/mol. The lowest BCUT2D eigenvalue weighted by Crippen LogP contribution is -2.33. The molecule has 114 valence electrons. The average Bonchev–Trinajstić information content (AvgIpc) is 2.64. The maximum absolute atomic E-state index is 12.6. The Balaban J connectivity index is 2.32. The second kappa shape index (κ2) is 5.72. The number of thiophene rings is 1. The van der Waals surface area contributed by atoms with Gasteiger partial charge in [-0.3, -0.25) is 0 Å². The van der Waals surface area contributed by atoms with Gasteiger partial charge in [0.15, 0.2) is 9.84 Å². The van der Waals surface area contributed by atoms with E-state index < -0.39 is 19.9 Å². The Kier molecular flexibility index (Phi) is 4.55. The van der Waals surface area contributed by atoms with Crippen LogP contribution >= 0.6 is 11.3 Å². The summed E-state index contributed by atoms with van der Waals surface area (Å²) in [7, 11) is -6.76. The molecule has 2 heterocycles. The Morgan fingerprint density at radius 1 is 1.35 bits per heavy atom. The average molecular weight is 338 g/mol. The molecule has 2 N–H and O–H groups in total. The summed E-state index contributed by atoms with van der Waals surface area (Å²) in [6.45, 7) is 2.31. The molecule has 0 radical (unpaired) electrons. The van der Waals surface area contributed by atoms with Gasteiger partial charge in [-0.15, -0.1) is 11.3 Å². The number of sulfone groups is 1. The van der Waals surface area contributed by atoms with E-state index in [1.165, 1.54) is 15.6 Å². The van der Waals surface area contributed by atoms with Gasteiger partial charge in [0.2, 0.25) is 10.0 Å². The normalized spacial score (nSPS) is 20.7. The fraction of sp³-hybridized carbons (Fsp3) is 0.636. The highest BCUT2D eigenvalue weighted by molar-refractivity contribution is 7.91. The first-order valence-corrected chi connectivity index (χ1v) is 10.3. The van der Waals surface area contributed by atoms with Crippen LogP contribution in [0.1, 0.15) is 16.2 Å². The highest BCUT2D eigenvalue weighted by Crippen LogP contribution is 2.28. The van der Waals surface area contributed by atoms with Gasteiger partial charge in [-0.25, -0.2) is 16.8 Å². The Labute approximate surface area is 123 Å². The van der Waals surface area contributed by atoms with E-state index in [4.69, 9.17) is 5.73 Å². The van der Waals surface area contributed by atoms with E-state index in [-0.39, 0.29) is 29.5 Å². The van der Waals surface area contributed by atoms with E-state index in [1.54, 1.807) is 13.0 Å². The molecule has 20 heavy (non-hydrogen) atoms. The number of rotatable bonds is 3. The largest absolute Gasteiger partial charge is 0.326 e.